The van der Waals surface area contributed by atoms with Crippen LogP contribution in [0.2, 0.25) is 0 Å². The van der Waals surface area contributed by atoms with E-state index in [1.54, 1.807) is 12.1 Å². The molecule has 2 aromatic rings. The Balaban J connectivity index is 1.46. The van der Waals surface area contributed by atoms with Gasteiger partial charge in [0.05, 0.1) is 6.42 Å². The second kappa shape index (κ2) is 9.28. The molecular weight excluding hydrogens is 345 g/mol. The van der Waals surface area contributed by atoms with E-state index in [-0.39, 0.29) is 24.1 Å². The molecule has 3 N–H and O–H groups in total. The summed E-state index contributed by atoms with van der Waals surface area (Å²) in [7, 11) is 0. The number of nitrogens with one attached hydrogen (secondary N) is 3. The van der Waals surface area contributed by atoms with Gasteiger partial charge in [0, 0.05) is 19.1 Å². The number of halogens is 1. The van der Waals surface area contributed by atoms with Gasteiger partial charge in [0.15, 0.2) is 0 Å². The molecule has 6 heteroatoms. The number of rotatable bonds is 9. The molecule has 0 saturated heterocycles. The lowest BCUT2D eigenvalue weighted by molar-refractivity contribution is -0.123. The molecule has 1 aliphatic carbocycles. The third-order valence-corrected chi connectivity index (χ3v) is 4.39. The van der Waals surface area contributed by atoms with E-state index in [0.29, 0.717) is 19.1 Å². The topological polar surface area (TPSA) is 70.2 Å². The SMILES string of the molecule is O=C(Cc1ccc(F)cc1)NCCNC(C(=O)NC1CC1)c1ccccc1. The van der Waals surface area contributed by atoms with Crippen LogP contribution >= 0.6 is 0 Å². The van der Waals surface area contributed by atoms with Crippen LogP contribution in [0.1, 0.15) is 30.0 Å². The van der Waals surface area contributed by atoms with E-state index >= 15 is 0 Å². The summed E-state index contributed by atoms with van der Waals surface area (Å²) < 4.78 is 12.9. The van der Waals surface area contributed by atoms with E-state index < -0.39 is 6.04 Å². The van der Waals surface area contributed by atoms with E-state index in [0.717, 1.165) is 24.0 Å². The van der Waals surface area contributed by atoms with Gasteiger partial charge in [0.25, 0.3) is 0 Å². The highest BCUT2D eigenvalue weighted by molar-refractivity contribution is 5.83. The van der Waals surface area contributed by atoms with Crippen LogP contribution in [0.3, 0.4) is 0 Å². The van der Waals surface area contributed by atoms with Crippen LogP contribution in [0.5, 0.6) is 0 Å². The molecule has 27 heavy (non-hydrogen) atoms. The lowest BCUT2D eigenvalue weighted by Crippen LogP contribution is -2.41. The zero-order chi connectivity index (χ0) is 19.1. The van der Waals surface area contributed by atoms with E-state index in [4.69, 9.17) is 0 Å². The first-order valence-electron chi connectivity index (χ1n) is 9.21. The first-order valence-corrected chi connectivity index (χ1v) is 9.21. The van der Waals surface area contributed by atoms with Crippen molar-refractivity contribution in [3.05, 3.63) is 71.5 Å². The van der Waals surface area contributed by atoms with E-state index in [1.807, 2.05) is 30.3 Å². The summed E-state index contributed by atoms with van der Waals surface area (Å²) in [5.74, 6) is -0.497. The van der Waals surface area contributed by atoms with Crippen molar-refractivity contribution in [2.45, 2.75) is 31.3 Å². The highest BCUT2D eigenvalue weighted by atomic mass is 19.1. The Hall–Kier alpha value is -2.73. The molecule has 1 saturated carbocycles. The average molecular weight is 369 g/mol. The Morgan fingerprint density at radius 1 is 1.00 bits per heavy atom. The first kappa shape index (κ1) is 19.0. The molecule has 5 nitrogen and oxygen atoms in total. The van der Waals surface area contributed by atoms with Crippen molar-refractivity contribution in [3.63, 3.8) is 0 Å². The molecule has 1 atom stereocenters. The van der Waals surface area contributed by atoms with Gasteiger partial charge in [0.1, 0.15) is 11.9 Å². The summed E-state index contributed by atoms with van der Waals surface area (Å²) in [4.78, 5) is 24.5. The average Bonchev–Trinajstić information content (AvgIpc) is 3.48. The monoisotopic (exact) mass is 369 g/mol. The summed E-state index contributed by atoms with van der Waals surface area (Å²) in [5.41, 5.74) is 1.65. The zero-order valence-electron chi connectivity index (χ0n) is 15.1. The molecule has 0 heterocycles. The van der Waals surface area contributed by atoms with Gasteiger partial charge in [-0.15, -0.1) is 0 Å². The normalized spacial score (nSPS) is 14.4. The van der Waals surface area contributed by atoms with Gasteiger partial charge in [-0.3, -0.25) is 9.59 Å². The lowest BCUT2D eigenvalue weighted by Gasteiger charge is -2.19. The molecule has 3 rings (SSSR count). The van der Waals surface area contributed by atoms with Crippen molar-refractivity contribution < 1.29 is 14.0 Å². The molecule has 0 aliphatic heterocycles. The van der Waals surface area contributed by atoms with E-state index in [2.05, 4.69) is 16.0 Å². The predicted octanol–water partition coefficient (Wildman–Crippen LogP) is 2.09. The molecule has 142 valence electrons. The number of carbonyl (C=O) groups excluding carboxylic acids is 2. The van der Waals surface area contributed by atoms with Gasteiger partial charge in [-0.1, -0.05) is 42.5 Å². The van der Waals surface area contributed by atoms with E-state index in [1.165, 1.54) is 12.1 Å². The molecule has 1 aliphatic rings. The van der Waals surface area contributed by atoms with Crippen molar-refractivity contribution in [1.82, 2.24) is 16.0 Å². The first-order chi connectivity index (χ1) is 13.1. The largest absolute Gasteiger partial charge is 0.355 e. The maximum absolute atomic E-state index is 12.9. The number of benzene rings is 2. The number of hydrogen-bond donors (Lipinski definition) is 3. The molecule has 0 spiro atoms. The van der Waals surface area contributed by atoms with Crippen molar-refractivity contribution in [3.8, 4) is 0 Å². The highest BCUT2D eigenvalue weighted by Gasteiger charge is 2.28. The fourth-order valence-electron chi connectivity index (χ4n) is 2.79. The summed E-state index contributed by atoms with van der Waals surface area (Å²) in [6.45, 7) is 0.868. The third kappa shape index (κ3) is 6.18. The van der Waals surface area contributed by atoms with Gasteiger partial charge in [0.2, 0.25) is 11.8 Å². The maximum atomic E-state index is 12.9. The van der Waals surface area contributed by atoms with Gasteiger partial charge in [-0.25, -0.2) is 4.39 Å². The van der Waals surface area contributed by atoms with Crippen LogP contribution in [0.15, 0.2) is 54.6 Å². The van der Waals surface area contributed by atoms with Crippen LogP contribution in [-0.2, 0) is 16.0 Å². The van der Waals surface area contributed by atoms with Gasteiger partial charge in [-0.05, 0) is 36.1 Å². The van der Waals surface area contributed by atoms with Crippen LogP contribution in [0.25, 0.3) is 0 Å². The Labute approximate surface area is 158 Å². The summed E-state index contributed by atoms with van der Waals surface area (Å²) >= 11 is 0. The maximum Gasteiger partial charge on any atom is 0.241 e. The fraction of sp³-hybridized carbons (Fsp3) is 0.333. The van der Waals surface area contributed by atoms with Gasteiger partial charge in [-0.2, -0.15) is 0 Å². The lowest BCUT2D eigenvalue weighted by atomic mass is 10.1. The molecule has 1 unspecified atom stereocenters. The van der Waals surface area contributed by atoms with Gasteiger partial charge >= 0.3 is 0 Å². The minimum absolute atomic E-state index is 0.0404. The fourth-order valence-corrected chi connectivity index (χ4v) is 2.79. The summed E-state index contributed by atoms with van der Waals surface area (Å²) in [5, 5.41) is 9.06. The molecule has 2 amide bonds. The van der Waals surface area contributed by atoms with E-state index in [9.17, 15) is 14.0 Å². The molecule has 1 fully saturated rings. The minimum atomic E-state index is -0.444. The summed E-state index contributed by atoms with van der Waals surface area (Å²) in [6.07, 6.45) is 2.27. The van der Waals surface area contributed by atoms with Crippen molar-refractivity contribution in [2.24, 2.45) is 0 Å². The van der Waals surface area contributed by atoms with Crippen LogP contribution in [0.4, 0.5) is 4.39 Å². The summed E-state index contributed by atoms with van der Waals surface area (Å²) in [6, 6.07) is 15.3. The second-order valence-corrected chi connectivity index (χ2v) is 6.73. The van der Waals surface area contributed by atoms with Gasteiger partial charge < -0.3 is 16.0 Å². The van der Waals surface area contributed by atoms with Crippen molar-refractivity contribution in [2.75, 3.05) is 13.1 Å². The van der Waals surface area contributed by atoms with Crippen LogP contribution in [-0.4, -0.2) is 30.9 Å². The van der Waals surface area contributed by atoms with Crippen molar-refractivity contribution >= 4 is 11.8 Å². The van der Waals surface area contributed by atoms with Crippen molar-refractivity contribution in [1.29, 1.82) is 0 Å². The third-order valence-electron chi connectivity index (χ3n) is 4.39. The molecule has 0 aromatic heterocycles. The Morgan fingerprint density at radius 2 is 1.70 bits per heavy atom. The van der Waals surface area contributed by atoms with Crippen LogP contribution < -0.4 is 16.0 Å². The minimum Gasteiger partial charge on any atom is -0.355 e. The molecular formula is C21H24FN3O2. The Bertz CT molecular complexity index is 761. The standard InChI is InChI=1S/C21H24FN3O2/c22-17-8-6-15(7-9-17)14-19(26)23-12-13-24-20(16-4-2-1-3-5-16)21(27)25-18-10-11-18/h1-9,18,20,24H,10-14H2,(H,23,26)(H,25,27). The predicted molar refractivity (Wildman–Crippen MR) is 101 cm³/mol. The quantitative estimate of drug-likeness (QED) is 0.593. The van der Waals surface area contributed by atoms with Crippen LogP contribution in [0, 0.1) is 5.82 Å². The number of amides is 2. The Morgan fingerprint density at radius 3 is 2.37 bits per heavy atom. The molecule has 2 aromatic carbocycles. The second-order valence-electron chi connectivity index (χ2n) is 6.73. The highest BCUT2D eigenvalue weighted by Crippen LogP contribution is 2.21. The molecule has 0 radical (unpaired) electrons. The number of hydrogen-bond acceptors (Lipinski definition) is 3. The zero-order valence-corrected chi connectivity index (χ0v) is 15.1. The Kier molecular flexibility index (Phi) is 6.54. The molecule has 0 bridgehead atoms. The number of carbonyl (C=O) groups is 2. The smallest absolute Gasteiger partial charge is 0.241 e.